The van der Waals surface area contributed by atoms with Crippen LogP contribution >= 0.6 is 12.2 Å². The van der Waals surface area contributed by atoms with Gasteiger partial charge in [0.1, 0.15) is 0 Å². The Labute approximate surface area is 127 Å². The number of aryl methyl sites for hydroxylation is 2. The fourth-order valence-electron chi connectivity index (χ4n) is 1.67. The van der Waals surface area contributed by atoms with Gasteiger partial charge in [0, 0.05) is 12.1 Å². The van der Waals surface area contributed by atoms with Gasteiger partial charge in [-0.2, -0.15) is 0 Å². The first-order valence-electron chi connectivity index (χ1n) is 6.55. The SMILES string of the molecule is CCCn1nnnc1NC(=S)NC(=O)c1ccc(C)cc1. The lowest BCUT2D eigenvalue weighted by Crippen LogP contribution is -2.35. The molecule has 0 radical (unpaired) electrons. The number of anilines is 1. The molecule has 110 valence electrons. The zero-order valence-corrected chi connectivity index (χ0v) is 12.6. The molecule has 0 atom stereocenters. The molecule has 0 saturated carbocycles. The third-order valence-corrected chi connectivity index (χ3v) is 2.94. The number of carbonyl (C=O) groups is 1. The normalized spacial score (nSPS) is 10.2. The maximum Gasteiger partial charge on any atom is 0.257 e. The zero-order valence-electron chi connectivity index (χ0n) is 11.8. The number of nitrogens with one attached hydrogen (secondary N) is 2. The third kappa shape index (κ3) is 4.06. The first-order valence-corrected chi connectivity index (χ1v) is 6.96. The topological polar surface area (TPSA) is 84.7 Å². The monoisotopic (exact) mass is 304 g/mol. The van der Waals surface area contributed by atoms with E-state index in [4.69, 9.17) is 12.2 Å². The highest BCUT2D eigenvalue weighted by atomic mass is 32.1. The number of rotatable bonds is 4. The maximum absolute atomic E-state index is 12.0. The number of thiocarbonyl (C=S) groups is 1. The van der Waals surface area contributed by atoms with Gasteiger partial charge in [-0.25, -0.2) is 4.68 Å². The maximum atomic E-state index is 12.0. The van der Waals surface area contributed by atoms with Gasteiger partial charge in [0.15, 0.2) is 5.11 Å². The molecule has 1 aromatic heterocycles. The fourth-order valence-corrected chi connectivity index (χ4v) is 1.85. The first kappa shape index (κ1) is 15.0. The Morgan fingerprint density at radius 3 is 2.71 bits per heavy atom. The van der Waals surface area contributed by atoms with Gasteiger partial charge in [-0.3, -0.25) is 15.4 Å². The van der Waals surface area contributed by atoms with Crippen LogP contribution in [0, 0.1) is 6.92 Å². The van der Waals surface area contributed by atoms with Crippen molar-refractivity contribution in [1.29, 1.82) is 0 Å². The molecule has 8 heteroatoms. The minimum Gasteiger partial charge on any atom is -0.300 e. The van der Waals surface area contributed by atoms with Gasteiger partial charge < -0.3 is 0 Å². The van der Waals surface area contributed by atoms with Gasteiger partial charge in [-0.15, -0.1) is 0 Å². The second-order valence-electron chi connectivity index (χ2n) is 4.50. The average molecular weight is 304 g/mol. The minimum absolute atomic E-state index is 0.160. The van der Waals surface area contributed by atoms with Crippen molar-refractivity contribution in [3.63, 3.8) is 0 Å². The molecule has 2 rings (SSSR count). The Hall–Kier alpha value is -2.35. The summed E-state index contributed by atoms with van der Waals surface area (Å²) in [6.45, 7) is 4.65. The Morgan fingerprint density at radius 1 is 1.33 bits per heavy atom. The molecule has 0 saturated heterocycles. The van der Waals surface area contributed by atoms with Crippen molar-refractivity contribution >= 4 is 29.2 Å². The summed E-state index contributed by atoms with van der Waals surface area (Å²) in [6, 6.07) is 7.23. The molecule has 2 N–H and O–H groups in total. The molecule has 0 spiro atoms. The van der Waals surface area contributed by atoms with Crippen molar-refractivity contribution in [2.45, 2.75) is 26.8 Å². The number of hydrogen-bond acceptors (Lipinski definition) is 5. The number of amides is 1. The summed E-state index contributed by atoms with van der Waals surface area (Å²) in [5.74, 6) is 0.132. The second kappa shape index (κ2) is 6.89. The van der Waals surface area contributed by atoms with Gasteiger partial charge in [0.25, 0.3) is 5.91 Å². The Balaban J connectivity index is 1.96. The van der Waals surface area contributed by atoms with E-state index in [9.17, 15) is 4.79 Å². The molecule has 7 nitrogen and oxygen atoms in total. The number of nitrogens with zero attached hydrogens (tertiary/aromatic N) is 4. The molecule has 0 unspecified atom stereocenters. The molecular weight excluding hydrogens is 288 g/mol. The van der Waals surface area contributed by atoms with Crippen molar-refractivity contribution < 1.29 is 4.79 Å². The molecule has 0 aliphatic heterocycles. The summed E-state index contributed by atoms with van der Waals surface area (Å²) in [4.78, 5) is 12.0. The largest absolute Gasteiger partial charge is 0.300 e. The fraction of sp³-hybridized carbons (Fsp3) is 0.308. The Kier molecular flexibility index (Phi) is 4.94. The van der Waals surface area contributed by atoms with Crippen LogP contribution < -0.4 is 10.6 Å². The van der Waals surface area contributed by atoms with Crippen molar-refractivity contribution in [3.8, 4) is 0 Å². The minimum atomic E-state index is -0.276. The van der Waals surface area contributed by atoms with E-state index in [1.54, 1.807) is 16.8 Å². The molecule has 1 aromatic carbocycles. The van der Waals surface area contributed by atoms with Gasteiger partial charge >= 0.3 is 0 Å². The van der Waals surface area contributed by atoms with E-state index in [0.29, 0.717) is 18.1 Å². The number of hydrogen-bond donors (Lipinski definition) is 2. The number of aromatic nitrogens is 4. The van der Waals surface area contributed by atoms with Gasteiger partial charge in [-0.1, -0.05) is 29.7 Å². The van der Waals surface area contributed by atoms with Crippen molar-refractivity contribution in [3.05, 3.63) is 35.4 Å². The van der Waals surface area contributed by atoms with Crippen LogP contribution in [0.1, 0.15) is 29.3 Å². The zero-order chi connectivity index (χ0) is 15.2. The summed E-state index contributed by atoms with van der Waals surface area (Å²) in [5.41, 5.74) is 1.63. The third-order valence-electron chi connectivity index (χ3n) is 2.73. The summed E-state index contributed by atoms with van der Waals surface area (Å²) in [6.07, 6.45) is 0.891. The second-order valence-corrected chi connectivity index (χ2v) is 4.91. The van der Waals surface area contributed by atoms with Crippen LogP contribution in [0.2, 0.25) is 0 Å². The molecule has 1 heterocycles. The van der Waals surface area contributed by atoms with Crippen LogP contribution in [0.4, 0.5) is 5.95 Å². The van der Waals surface area contributed by atoms with Gasteiger partial charge in [0.2, 0.25) is 5.95 Å². The van der Waals surface area contributed by atoms with E-state index in [1.807, 2.05) is 26.0 Å². The summed E-state index contributed by atoms with van der Waals surface area (Å²) in [5, 5.41) is 16.8. The predicted octanol–water partition coefficient (Wildman–Crippen LogP) is 1.52. The Morgan fingerprint density at radius 2 is 2.05 bits per heavy atom. The average Bonchev–Trinajstić information content (AvgIpc) is 2.87. The van der Waals surface area contributed by atoms with E-state index < -0.39 is 0 Å². The van der Waals surface area contributed by atoms with Gasteiger partial charge in [-0.05, 0) is 48.1 Å². The first-order chi connectivity index (χ1) is 10.1. The summed E-state index contributed by atoms with van der Waals surface area (Å²) >= 11 is 5.10. The summed E-state index contributed by atoms with van der Waals surface area (Å²) in [7, 11) is 0. The molecule has 2 aromatic rings. The quantitative estimate of drug-likeness (QED) is 0.833. The van der Waals surface area contributed by atoms with E-state index in [1.165, 1.54) is 0 Å². The van der Waals surface area contributed by atoms with Crippen LogP contribution in [0.25, 0.3) is 0 Å². The lowest BCUT2D eigenvalue weighted by molar-refractivity contribution is 0.0977. The van der Waals surface area contributed by atoms with Crippen LogP contribution in [0.5, 0.6) is 0 Å². The van der Waals surface area contributed by atoms with Crippen LogP contribution in [-0.2, 0) is 6.54 Å². The Bertz CT molecular complexity index is 636. The lowest BCUT2D eigenvalue weighted by Gasteiger charge is -2.09. The van der Waals surface area contributed by atoms with Crippen molar-refractivity contribution in [1.82, 2.24) is 25.5 Å². The lowest BCUT2D eigenvalue weighted by atomic mass is 10.1. The highest BCUT2D eigenvalue weighted by Crippen LogP contribution is 2.04. The van der Waals surface area contributed by atoms with Crippen LogP contribution in [0.3, 0.4) is 0 Å². The van der Waals surface area contributed by atoms with E-state index in [0.717, 1.165) is 12.0 Å². The summed E-state index contributed by atoms with van der Waals surface area (Å²) < 4.78 is 1.59. The molecule has 21 heavy (non-hydrogen) atoms. The predicted molar refractivity (Wildman–Crippen MR) is 83.0 cm³/mol. The van der Waals surface area contributed by atoms with Crippen molar-refractivity contribution in [2.75, 3.05) is 5.32 Å². The number of tetrazole rings is 1. The molecule has 0 aliphatic carbocycles. The molecule has 0 bridgehead atoms. The molecular formula is C13H16N6OS. The van der Waals surface area contributed by atoms with Crippen LogP contribution in [0.15, 0.2) is 24.3 Å². The van der Waals surface area contributed by atoms with Gasteiger partial charge in [0.05, 0.1) is 0 Å². The molecule has 0 aliphatic rings. The van der Waals surface area contributed by atoms with E-state index in [-0.39, 0.29) is 11.0 Å². The standard InChI is InChI=1S/C13H16N6OS/c1-3-8-19-12(16-17-18-19)15-13(21)14-11(20)10-6-4-9(2)5-7-10/h4-7H,3,8H2,1-2H3,(H2,14,15,16,18,20,21). The number of benzene rings is 1. The number of carbonyl (C=O) groups excluding carboxylic acids is 1. The van der Waals surface area contributed by atoms with Crippen LogP contribution in [-0.4, -0.2) is 31.2 Å². The van der Waals surface area contributed by atoms with Crippen molar-refractivity contribution in [2.24, 2.45) is 0 Å². The smallest absolute Gasteiger partial charge is 0.257 e. The highest BCUT2D eigenvalue weighted by Gasteiger charge is 2.10. The molecule has 1 amide bonds. The highest BCUT2D eigenvalue weighted by molar-refractivity contribution is 7.80. The van der Waals surface area contributed by atoms with E-state index in [2.05, 4.69) is 26.2 Å². The molecule has 0 fully saturated rings. The van der Waals surface area contributed by atoms with E-state index >= 15 is 0 Å².